The Labute approximate surface area is 117 Å². The van der Waals surface area contributed by atoms with Gasteiger partial charge in [-0.05, 0) is 25.7 Å². The zero-order valence-electron chi connectivity index (χ0n) is 12.6. The first-order chi connectivity index (χ1) is 9.22. The van der Waals surface area contributed by atoms with Crippen LogP contribution in [0.5, 0.6) is 0 Å². The van der Waals surface area contributed by atoms with Crippen LogP contribution in [0.25, 0.3) is 0 Å². The van der Waals surface area contributed by atoms with E-state index in [1.807, 2.05) is 0 Å². The molecule has 2 saturated carbocycles. The van der Waals surface area contributed by atoms with Gasteiger partial charge >= 0.3 is 0 Å². The van der Waals surface area contributed by atoms with Gasteiger partial charge in [0.15, 0.2) is 0 Å². The minimum absolute atomic E-state index is 0.110. The Balaban J connectivity index is 0.000000191. The largest absolute Gasteiger partial charge is 0.390 e. The third-order valence-electron chi connectivity index (χ3n) is 4.22. The predicted molar refractivity (Wildman–Crippen MR) is 75.3 cm³/mol. The summed E-state index contributed by atoms with van der Waals surface area (Å²) in [6.07, 6.45) is 9.80. The Bertz CT molecular complexity index is 210. The van der Waals surface area contributed by atoms with E-state index in [9.17, 15) is 5.11 Å². The van der Waals surface area contributed by atoms with Crippen LogP contribution in [-0.2, 0) is 14.2 Å². The molecule has 2 rings (SSSR count). The molecule has 1 N–H and O–H groups in total. The van der Waals surface area contributed by atoms with Crippen LogP contribution in [0.1, 0.15) is 51.4 Å². The van der Waals surface area contributed by atoms with Crippen LogP contribution < -0.4 is 0 Å². The molecule has 4 heteroatoms. The van der Waals surface area contributed by atoms with Crippen molar-refractivity contribution < 1.29 is 19.3 Å². The second-order valence-electron chi connectivity index (χ2n) is 5.46. The van der Waals surface area contributed by atoms with Gasteiger partial charge in [-0.2, -0.15) is 0 Å². The van der Waals surface area contributed by atoms with E-state index in [4.69, 9.17) is 14.2 Å². The van der Waals surface area contributed by atoms with Crippen molar-refractivity contribution in [3.8, 4) is 0 Å². The van der Waals surface area contributed by atoms with Gasteiger partial charge < -0.3 is 19.3 Å². The average molecular weight is 274 g/mol. The molecule has 0 unspecified atom stereocenters. The molecule has 2 aliphatic carbocycles. The van der Waals surface area contributed by atoms with E-state index < -0.39 is 0 Å². The Morgan fingerprint density at radius 3 is 1.32 bits per heavy atom. The van der Waals surface area contributed by atoms with Crippen LogP contribution in [-0.4, -0.2) is 50.9 Å². The van der Waals surface area contributed by atoms with Gasteiger partial charge in [0.2, 0.25) is 0 Å². The summed E-state index contributed by atoms with van der Waals surface area (Å²) in [6, 6.07) is 0. The Hall–Kier alpha value is -0.160. The van der Waals surface area contributed by atoms with Crippen LogP contribution in [0.3, 0.4) is 0 Å². The quantitative estimate of drug-likeness (QED) is 0.859. The van der Waals surface area contributed by atoms with Gasteiger partial charge in [-0.1, -0.05) is 25.7 Å². The lowest BCUT2D eigenvalue weighted by Gasteiger charge is -2.28. The second-order valence-corrected chi connectivity index (χ2v) is 5.46. The number of aliphatic hydroxyl groups excluding tert-OH is 1. The van der Waals surface area contributed by atoms with Gasteiger partial charge in [0.05, 0.1) is 24.4 Å². The van der Waals surface area contributed by atoms with Crippen molar-refractivity contribution in [3.05, 3.63) is 0 Å². The summed E-state index contributed by atoms with van der Waals surface area (Å²) in [6.45, 7) is 0. The summed E-state index contributed by atoms with van der Waals surface area (Å²) in [7, 11) is 5.20. The highest BCUT2D eigenvalue weighted by molar-refractivity contribution is 4.75. The van der Waals surface area contributed by atoms with E-state index in [2.05, 4.69) is 0 Å². The zero-order valence-corrected chi connectivity index (χ0v) is 12.6. The molecule has 0 aromatic rings. The Morgan fingerprint density at radius 1 is 0.632 bits per heavy atom. The summed E-state index contributed by atoms with van der Waals surface area (Å²) < 4.78 is 15.6. The molecule has 0 aromatic carbocycles. The molecule has 4 nitrogen and oxygen atoms in total. The first kappa shape index (κ1) is 16.9. The van der Waals surface area contributed by atoms with E-state index in [0.717, 1.165) is 32.1 Å². The van der Waals surface area contributed by atoms with Crippen LogP contribution in [0.4, 0.5) is 0 Å². The third kappa shape index (κ3) is 5.78. The predicted octanol–water partition coefficient (Wildman–Crippen LogP) is 2.53. The van der Waals surface area contributed by atoms with Crippen molar-refractivity contribution in [3.63, 3.8) is 0 Å². The smallest absolute Gasteiger partial charge is 0.0832 e. The van der Waals surface area contributed by atoms with E-state index >= 15 is 0 Å². The number of rotatable bonds is 3. The zero-order chi connectivity index (χ0) is 14.1. The molecule has 2 aliphatic rings. The summed E-state index contributed by atoms with van der Waals surface area (Å²) in [5.74, 6) is 0. The molecular weight excluding hydrogens is 244 g/mol. The maximum Gasteiger partial charge on any atom is 0.0832 e. The highest BCUT2D eigenvalue weighted by atomic mass is 16.5. The molecule has 19 heavy (non-hydrogen) atoms. The van der Waals surface area contributed by atoms with Gasteiger partial charge in [0.1, 0.15) is 0 Å². The van der Waals surface area contributed by atoms with Gasteiger partial charge in [-0.25, -0.2) is 0 Å². The second kappa shape index (κ2) is 9.70. The highest BCUT2D eigenvalue weighted by Gasteiger charge is 2.24. The first-order valence-corrected chi connectivity index (χ1v) is 7.49. The van der Waals surface area contributed by atoms with E-state index in [1.165, 1.54) is 19.3 Å². The maximum absolute atomic E-state index is 9.24. The van der Waals surface area contributed by atoms with Gasteiger partial charge in [0.25, 0.3) is 0 Å². The summed E-state index contributed by atoms with van der Waals surface area (Å²) in [5.41, 5.74) is 0. The maximum atomic E-state index is 9.24. The Morgan fingerprint density at radius 2 is 1.00 bits per heavy atom. The third-order valence-corrected chi connectivity index (χ3v) is 4.22. The van der Waals surface area contributed by atoms with E-state index in [1.54, 1.807) is 21.3 Å². The van der Waals surface area contributed by atoms with Crippen LogP contribution in [0.15, 0.2) is 0 Å². The number of methoxy groups -OCH3 is 3. The number of hydrogen-bond acceptors (Lipinski definition) is 4. The number of aliphatic hydroxyl groups is 1. The van der Waals surface area contributed by atoms with Crippen molar-refractivity contribution in [1.82, 2.24) is 0 Å². The van der Waals surface area contributed by atoms with Crippen LogP contribution >= 0.6 is 0 Å². The minimum Gasteiger partial charge on any atom is -0.390 e. The lowest BCUT2D eigenvalue weighted by molar-refractivity contribution is -0.0577. The summed E-state index contributed by atoms with van der Waals surface area (Å²) >= 11 is 0. The molecule has 4 atom stereocenters. The summed E-state index contributed by atoms with van der Waals surface area (Å²) in [4.78, 5) is 0. The molecule has 114 valence electrons. The van der Waals surface area contributed by atoms with Crippen molar-refractivity contribution in [2.75, 3.05) is 21.3 Å². The molecule has 0 aromatic heterocycles. The van der Waals surface area contributed by atoms with Gasteiger partial charge in [-0.3, -0.25) is 0 Å². The molecule has 0 aliphatic heterocycles. The molecule has 0 spiro atoms. The van der Waals surface area contributed by atoms with E-state index in [0.29, 0.717) is 12.2 Å². The van der Waals surface area contributed by atoms with Crippen molar-refractivity contribution in [2.24, 2.45) is 0 Å². The van der Waals surface area contributed by atoms with Gasteiger partial charge in [0, 0.05) is 21.3 Å². The average Bonchev–Trinajstić information content (AvgIpc) is 2.48. The number of ether oxygens (including phenoxy) is 3. The molecule has 0 amide bonds. The van der Waals surface area contributed by atoms with Crippen molar-refractivity contribution >= 4 is 0 Å². The fourth-order valence-electron chi connectivity index (χ4n) is 2.95. The normalized spacial score (nSPS) is 35.4. The van der Waals surface area contributed by atoms with E-state index in [-0.39, 0.29) is 12.2 Å². The van der Waals surface area contributed by atoms with Crippen molar-refractivity contribution in [2.45, 2.75) is 75.8 Å². The number of hydrogen-bond donors (Lipinski definition) is 1. The monoisotopic (exact) mass is 274 g/mol. The highest BCUT2D eigenvalue weighted by Crippen LogP contribution is 2.22. The lowest BCUT2D eigenvalue weighted by Crippen LogP contribution is -2.32. The SMILES string of the molecule is CO[C@H]1CCCC[C@H]1O.CO[C@H]1CCCC[C@H]1OC. The lowest BCUT2D eigenvalue weighted by atomic mass is 9.95. The first-order valence-electron chi connectivity index (χ1n) is 7.49. The Kier molecular flexibility index (Phi) is 8.62. The molecule has 0 bridgehead atoms. The molecule has 2 fully saturated rings. The summed E-state index contributed by atoms with van der Waals surface area (Å²) in [5, 5.41) is 9.24. The topological polar surface area (TPSA) is 47.9 Å². The van der Waals surface area contributed by atoms with Crippen molar-refractivity contribution in [1.29, 1.82) is 0 Å². The molecule has 0 radical (unpaired) electrons. The minimum atomic E-state index is -0.205. The molecule has 0 saturated heterocycles. The standard InChI is InChI=1S/C8H16O2.C7H14O2/c1-9-7-5-3-4-6-8(7)10-2;1-9-7-5-3-2-4-6(7)8/h7-8H,3-6H2,1-2H3;6-8H,2-5H2,1H3/t7-,8+;6-,7+/m.1/s1. The van der Waals surface area contributed by atoms with Crippen LogP contribution in [0.2, 0.25) is 0 Å². The van der Waals surface area contributed by atoms with Gasteiger partial charge in [-0.15, -0.1) is 0 Å². The fraction of sp³-hybridized carbons (Fsp3) is 1.00. The molecular formula is C15H30O4. The fourth-order valence-corrected chi connectivity index (χ4v) is 2.95. The van der Waals surface area contributed by atoms with Crippen LogP contribution in [0, 0.1) is 0 Å². The molecule has 0 heterocycles.